The molecular weight excluding hydrogens is 232 g/mol. The molecule has 0 aliphatic heterocycles. The fraction of sp³-hybridized carbons (Fsp3) is 0.500. The van der Waals surface area contributed by atoms with Crippen molar-refractivity contribution in [2.45, 2.75) is 31.8 Å². The first-order valence-corrected chi connectivity index (χ1v) is 6.13. The summed E-state index contributed by atoms with van der Waals surface area (Å²) in [6, 6.07) is 3.83. The van der Waals surface area contributed by atoms with Crippen molar-refractivity contribution in [1.29, 1.82) is 0 Å². The maximum Gasteiger partial charge on any atom is 0.339 e. The number of benzene rings is 1. The van der Waals surface area contributed by atoms with Crippen molar-refractivity contribution >= 4 is 5.97 Å². The van der Waals surface area contributed by atoms with E-state index in [9.17, 15) is 9.90 Å². The molecule has 18 heavy (non-hydrogen) atoms. The summed E-state index contributed by atoms with van der Waals surface area (Å²) >= 11 is 0. The zero-order valence-corrected chi connectivity index (χ0v) is 10.7. The first kappa shape index (κ1) is 12.9. The molecule has 0 saturated heterocycles. The lowest BCUT2D eigenvalue weighted by atomic mass is 9.86. The van der Waals surface area contributed by atoms with Crippen LogP contribution in [0.2, 0.25) is 0 Å². The lowest BCUT2D eigenvalue weighted by molar-refractivity contribution is -0.150. The number of aryl methyl sites for hydroxylation is 1. The van der Waals surface area contributed by atoms with Crippen LogP contribution < -0.4 is 4.74 Å². The first-order valence-electron chi connectivity index (χ1n) is 6.13. The molecule has 98 valence electrons. The summed E-state index contributed by atoms with van der Waals surface area (Å²) < 4.78 is 9.87. The van der Waals surface area contributed by atoms with Gasteiger partial charge in [0, 0.05) is 5.56 Å². The van der Waals surface area contributed by atoms with Crippen LogP contribution in [0.1, 0.15) is 35.6 Å². The highest BCUT2D eigenvalue weighted by atomic mass is 16.5. The molecule has 0 heterocycles. The third-order valence-electron chi connectivity index (χ3n) is 3.45. The Bertz CT molecular complexity index is 453. The monoisotopic (exact) mass is 250 g/mol. The maximum absolute atomic E-state index is 11.5. The quantitative estimate of drug-likeness (QED) is 0.831. The molecule has 1 aliphatic carbocycles. The molecule has 4 nitrogen and oxygen atoms in total. The predicted octanol–water partition coefficient (Wildman–Crippen LogP) is 1.78. The van der Waals surface area contributed by atoms with Crippen molar-refractivity contribution in [3.63, 3.8) is 0 Å². The van der Waals surface area contributed by atoms with Gasteiger partial charge in [0.1, 0.15) is 5.75 Å². The van der Waals surface area contributed by atoms with Gasteiger partial charge in [-0.2, -0.15) is 0 Å². The van der Waals surface area contributed by atoms with Gasteiger partial charge < -0.3 is 14.6 Å². The van der Waals surface area contributed by atoms with Crippen LogP contribution in [-0.4, -0.2) is 25.3 Å². The Morgan fingerprint density at radius 1 is 1.28 bits per heavy atom. The summed E-state index contributed by atoms with van der Waals surface area (Å²) in [6.07, 6.45) is 2.81. The molecule has 2 rings (SSSR count). The van der Waals surface area contributed by atoms with Gasteiger partial charge in [0.2, 0.25) is 0 Å². The molecular formula is C14H18O4. The zero-order valence-electron chi connectivity index (χ0n) is 10.7. The number of ether oxygens (including phenoxy) is 2. The lowest BCUT2D eigenvalue weighted by Crippen LogP contribution is -2.18. The predicted molar refractivity (Wildman–Crippen MR) is 66.6 cm³/mol. The Hall–Kier alpha value is -1.55. The summed E-state index contributed by atoms with van der Waals surface area (Å²) in [6.45, 7) is 0. The molecule has 1 N–H and O–H groups in total. The average Bonchev–Trinajstić information content (AvgIpc) is 2.44. The van der Waals surface area contributed by atoms with Gasteiger partial charge in [0.25, 0.3) is 0 Å². The SMILES string of the molecule is COC(=O)C(O)c1c(OC)ccc2c1CCCC2. The summed E-state index contributed by atoms with van der Waals surface area (Å²) in [7, 11) is 2.81. The summed E-state index contributed by atoms with van der Waals surface area (Å²) in [5, 5.41) is 10.1. The van der Waals surface area contributed by atoms with Crippen molar-refractivity contribution in [3.8, 4) is 5.75 Å². The maximum atomic E-state index is 11.5. The molecule has 0 fully saturated rings. The summed E-state index contributed by atoms with van der Waals surface area (Å²) in [4.78, 5) is 11.5. The van der Waals surface area contributed by atoms with Gasteiger partial charge in [0.15, 0.2) is 6.10 Å². The van der Waals surface area contributed by atoms with Gasteiger partial charge in [-0.1, -0.05) is 6.07 Å². The highest BCUT2D eigenvalue weighted by Gasteiger charge is 2.27. The second-order valence-electron chi connectivity index (χ2n) is 4.45. The third-order valence-corrected chi connectivity index (χ3v) is 3.45. The molecule has 1 aromatic rings. The van der Waals surface area contributed by atoms with Crippen LogP contribution >= 0.6 is 0 Å². The number of methoxy groups -OCH3 is 2. The standard InChI is InChI=1S/C14H18O4/c1-17-11-8-7-9-5-3-4-6-10(9)12(11)13(15)14(16)18-2/h7-8,13,15H,3-6H2,1-2H3. The second kappa shape index (κ2) is 5.40. The number of aliphatic hydroxyl groups is 1. The Morgan fingerprint density at radius 3 is 2.67 bits per heavy atom. The zero-order chi connectivity index (χ0) is 13.1. The van der Waals surface area contributed by atoms with E-state index in [4.69, 9.17) is 4.74 Å². The van der Waals surface area contributed by atoms with Crippen molar-refractivity contribution in [2.75, 3.05) is 14.2 Å². The number of hydrogen-bond acceptors (Lipinski definition) is 4. The number of hydrogen-bond donors (Lipinski definition) is 1. The molecule has 0 spiro atoms. The first-order chi connectivity index (χ1) is 8.69. The molecule has 0 saturated carbocycles. The van der Waals surface area contributed by atoms with Crippen molar-refractivity contribution in [2.24, 2.45) is 0 Å². The number of rotatable bonds is 3. The number of aliphatic hydroxyl groups excluding tert-OH is 1. The van der Waals surface area contributed by atoms with Crippen LogP contribution in [0.3, 0.4) is 0 Å². The van der Waals surface area contributed by atoms with Crippen molar-refractivity contribution < 1.29 is 19.4 Å². The van der Waals surface area contributed by atoms with Crippen LogP contribution in [0.5, 0.6) is 5.75 Å². The highest BCUT2D eigenvalue weighted by molar-refractivity contribution is 5.78. The number of carbonyl (C=O) groups excluding carboxylic acids is 1. The smallest absolute Gasteiger partial charge is 0.339 e. The number of fused-ring (bicyclic) bond motifs is 1. The molecule has 4 heteroatoms. The minimum absolute atomic E-state index is 0.550. The Kier molecular flexibility index (Phi) is 3.87. The number of esters is 1. The Labute approximate surface area is 107 Å². The molecule has 1 atom stereocenters. The van der Waals surface area contributed by atoms with Gasteiger partial charge in [0.05, 0.1) is 14.2 Å². The van der Waals surface area contributed by atoms with Crippen LogP contribution in [0, 0.1) is 0 Å². The van der Waals surface area contributed by atoms with Crippen LogP contribution in [-0.2, 0) is 22.4 Å². The van der Waals surface area contributed by atoms with Crippen LogP contribution in [0.4, 0.5) is 0 Å². The van der Waals surface area contributed by atoms with Gasteiger partial charge in [-0.25, -0.2) is 4.79 Å². The van der Waals surface area contributed by atoms with Crippen molar-refractivity contribution in [3.05, 3.63) is 28.8 Å². The molecule has 0 radical (unpaired) electrons. The van der Waals surface area contributed by atoms with Gasteiger partial charge in [-0.15, -0.1) is 0 Å². The van der Waals surface area contributed by atoms with Crippen LogP contribution in [0.25, 0.3) is 0 Å². The van der Waals surface area contributed by atoms with E-state index in [0.717, 1.165) is 31.2 Å². The second-order valence-corrected chi connectivity index (χ2v) is 4.45. The van der Waals surface area contributed by atoms with Gasteiger partial charge in [-0.3, -0.25) is 0 Å². The van der Waals surface area contributed by atoms with E-state index >= 15 is 0 Å². The molecule has 0 aromatic heterocycles. The fourth-order valence-corrected chi connectivity index (χ4v) is 2.54. The van der Waals surface area contributed by atoms with Crippen molar-refractivity contribution in [1.82, 2.24) is 0 Å². The van der Waals surface area contributed by atoms with E-state index in [-0.39, 0.29) is 0 Å². The van der Waals surface area contributed by atoms with E-state index in [0.29, 0.717) is 11.3 Å². The Morgan fingerprint density at radius 2 is 2.00 bits per heavy atom. The lowest BCUT2D eigenvalue weighted by Gasteiger charge is -2.23. The van der Waals surface area contributed by atoms with E-state index < -0.39 is 12.1 Å². The summed E-state index contributed by atoms with van der Waals surface area (Å²) in [5.74, 6) is -0.0965. The van der Waals surface area contributed by atoms with E-state index in [2.05, 4.69) is 4.74 Å². The molecule has 0 amide bonds. The van der Waals surface area contributed by atoms with Crippen LogP contribution in [0.15, 0.2) is 12.1 Å². The minimum atomic E-state index is -1.27. The topological polar surface area (TPSA) is 55.8 Å². The number of carbonyl (C=O) groups is 1. The molecule has 1 aromatic carbocycles. The highest BCUT2D eigenvalue weighted by Crippen LogP contribution is 2.35. The van der Waals surface area contributed by atoms with E-state index in [1.807, 2.05) is 12.1 Å². The van der Waals surface area contributed by atoms with E-state index in [1.165, 1.54) is 19.8 Å². The third kappa shape index (κ3) is 2.20. The average molecular weight is 250 g/mol. The van der Waals surface area contributed by atoms with Gasteiger partial charge >= 0.3 is 5.97 Å². The van der Waals surface area contributed by atoms with E-state index in [1.54, 1.807) is 0 Å². The molecule has 0 bridgehead atoms. The Balaban J connectivity index is 2.51. The molecule has 1 aliphatic rings. The minimum Gasteiger partial charge on any atom is -0.496 e. The van der Waals surface area contributed by atoms with Gasteiger partial charge in [-0.05, 0) is 42.9 Å². The molecule has 1 unspecified atom stereocenters. The summed E-state index contributed by atoms with van der Waals surface area (Å²) in [5.41, 5.74) is 2.81. The largest absolute Gasteiger partial charge is 0.496 e. The normalized spacial score (nSPS) is 15.7. The fourth-order valence-electron chi connectivity index (χ4n) is 2.54.